The number of aromatic nitrogens is 2. The number of hydrogen-bond acceptors (Lipinski definition) is 5. The molecule has 2 aliphatic rings. The van der Waals surface area contributed by atoms with Crippen LogP contribution in [0.2, 0.25) is 0 Å². The zero-order valence-corrected chi connectivity index (χ0v) is 16.9. The van der Waals surface area contributed by atoms with Crippen molar-refractivity contribution in [1.29, 1.82) is 0 Å². The van der Waals surface area contributed by atoms with E-state index in [0.29, 0.717) is 42.0 Å². The number of carboxylic acid groups (broad SMARTS) is 1. The highest BCUT2D eigenvalue weighted by molar-refractivity contribution is 6.06. The summed E-state index contributed by atoms with van der Waals surface area (Å²) in [6.45, 7) is 8.68. The number of rotatable bonds is 4. The first-order valence-corrected chi connectivity index (χ1v) is 9.89. The smallest absolute Gasteiger partial charge is 0.311 e. The van der Waals surface area contributed by atoms with Crippen LogP contribution in [0.4, 0.5) is 0 Å². The lowest BCUT2D eigenvalue weighted by atomic mass is 9.89. The number of amides is 1. The monoisotopic (exact) mass is 385 g/mol. The minimum atomic E-state index is -0.899. The Labute approximate surface area is 164 Å². The number of carbonyl (C=O) groups is 2. The van der Waals surface area contributed by atoms with Crippen molar-refractivity contribution in [3.8, 4) is 0 Å². The van der Waals surface area contributed by atoms with Crippen LogP contribution in [0.1, 0.15) is 74.6 Å². The van der Waals surface area contributed by atoms with Crippen molar-refractivity contribution in [3.63, 3.8) is 0 Å². The van der Waals surface area contributed by atoms with Gasteiger partial charge in [-0.2, -0.15) is 0 Å². The second kappa shape index (κ2) is 6.29. The Hall–Kier alpha value is -2.44. The van der Waals surface area contributed by atoms with E-state index in [1.54, 1.807) is 11.8 Å². The quantitative estimate of drug-likeness (QED) is 0.863. The molecule has 1 saturated carbocycles. The number of fused-ring (bicyclic) bond motifs is 1. The summed E-state index contributed by atoms with van der Waals surface area (Å²) in [6, 6.07) is 1.88. The molecule has 3 heterocycles. The summed E-state index contributed by atoms with van der Waals surface area (Å²) < 4.78 is 5.52. The zero-order valence-electron chi connectivity index (χ0n) is 16.9. The van der Waals surface area contributed by atoms with Crippen LogP contribution in [0.25, 0.3) is 11.1 Å². The highest BCUT2D eigenvalue weighted by Gasteiger charge is 2.43. The number of pyridine rings is 1. The maximum Gasteiger partial charge on any atom is 0.311 e. The van der Waals surface area contributed by atoms with Crippen LogP contribution in [0.3, 0.4) is 0 Å². The molecule has 1 N–H and O–H groups in total. The summed E-state index contributed by atoms with van der Waals surface area (Å²) in [5, 5.41) is 14.4. The van der Waals surface area contributed by atoms with Gasteiger partial charge in [-0.15, -0.1) is 0 Å². The van der Waals surface area contributed by atoms with Crippen LogP contribution in [-0.2, 0) is 11.2 Å². The first-order chi connectivity index (χ1) is 13.1. The normalized spacial score (nSPS) is 22.8. The van der Waals surface area contributed by atoms with E-state index >= 15 is 0 Å². The van der Waals surface area contributed by atoms with Crippen LogP contribution in [0, 0.1) is 10.8 Å². The summed E-state index contributed by atoms with van der Waals surface area (Å²) in [5.74, 6) is -0.646. The number of likely N-dealkylation sites (tertiary alicyclic amines) is 1. The van der Waals surface area contributed by atoms with Gasteiger partial charge in [-0.25, -0.2) is 4.98 Å². The van der Waals surface area contributed by atoms with Gasteiger partial charge in [0.25, 0.3) is 11.6 Å². The Morgan fingerprint density at radius 3 is 2.64 bits per heavy atom. The third-order valence-corrected chi connectivity index (χ3v) is 5.74. The third-order valence-electron chi connectivity index (χ3n) is 5.74. The SMILES string of the molecule is CC(C)(C)Cc1noc2nc(C3CC3)cc(C(=O)N3CCC(C)(C(=O)O)C3)c12. The maximum absolute atomic E-state index is 13.4. The van der Waals surface area contributed by atoms with Gasteiger partial charge in [0.2, 0.25) is 0 Å². The highest BCUT2D eigenvalue weighted by atomic mass is 16.5. The molecule has 2 aromatic heterocycles. The fourth-order valence-electron chi connectivity index (χ4n) is 3.89. The van der Waals surface area contributed by atoms with Gasteiger partial charge in [-0.05, 0) is 44.1 Å². The first kappa shape index (κ1) is 18.9. The number of carbonyl (C=O) groups excluding carboxylic acids is 1. The summed E-state index contributed by atoms with van der Waals surface area (Å²) in [5.41, 5.74) is 1.64. The fourth-order valence-corrected chi connectivity index (χ4v) is 3.89. The van der Waals surface area contributed by atoms with E-state index in [2.05, 4.69) is 30.9 Å². The largest absolute Gasteiger partial charge is 0.481 e. The lowest BCUT2D eigenvalue weighted by Gasteiger charge is -2.21. The molecular formula is C21H27N3O4. The van der Waals surface area contributed by atoms with Crippen molar-refractivity contribution < 1.29 is 19.2 Å². The van der Waals surface area contributed by atoms with E-state index in [0.717, 1.165) is 24.2 Å². The second-order valence-corrected chi connectivity index (χ2v) is 9.76. The van der Waals surface area contributed by atoms with E-state index in [1.165, 1.54) is 0 Å². The predicted octanol–water partition coefficient (Wildman–Crippen LogP) is 3.63. The summed E-state index contributed by atoms with van der Waals surface area (Å²) >= 11 is 0. The van der Waals surface area contributed by atoms with E-state index in [1.807, 2.05) is 6.07 Å². The van der Waals surface area contributed by atoms with Gasteiger partial charge in [0, 0.05) is 24.7 Å². The van der Waals surface area contributed by atoms with Crippen molar-refractivity contribution in [3.05, 3.63) is 23.0 Å². The van der Waals surface area contributed by atoms with Crippen molar-refractivity contribution in [1.82, 2.24) is 15.0 Å². The van der Waals surface area contributed by atoms with Crippen LogP contribution >= 0.6 is 0 Å². The van der Waals surface area contributed by atoms with Crippen LogP contribution in [0.5, 0.6) is 0 Å². The minimum Gasteiger partial charge on any atom is -0.481 e. The number of aliphatic carboxylic acids is 1. The van der Waals surface area contributed by atoms with Gasteiger partial charge in [0.1, 0.15) is 0 Å². The zero-order chi connectivity index (χ0) is 20.3. The van der Waals surface area contributed by atoms with Gasteiger partial charge in [0.05, 0.1) is 22.1 Å². The fraction of sp³-hybridized carbons (Fsp3) is 0.619. The van der Waals surface area contributed by atoms with E-state index in [9.17, 15) is 14.7 Å². The standard InChI is InChI=1S/C21H27N3O4/c1-20(2,3)10-15-16-13(9-14(12-5-6-12)22-17(16)28-23-15)18(25)24-8-7-21(4,11-24)19(26)27/h9,12H,5-8,10-11H2,1-4H3,(H,26,27). The Morgan fingerprint density at radius 1 is 1.36 bits per heavy atom. The van der Waals surface area contributed by atoms with Crippen LogP contribution in [0.15, 0.2) is 10.6 Å². The van der Waals surface area contributed by atoms with Gasteiger partial charge in [-0.1, -0.05) is 25.9 Å². The molecule has 0 aromatic carbocycles. The molecule has 1 amide bonds. The van der Waals surface area contributed by atoms with Gasteiger partial charge in [-0.3, -0.25) is 9.59 Å². The molecular weight excluding hydrogens is 358 g/mol. The van der Waals surface area contributed by atoms with E-state index < -0.39 is 11.4 Å². The number of nitrogens with zero attached hydrogens (tertiary/aromatic N) is 3. The molecule has 2 fully saturated rings. The van der Waals surface area contributed by atoms with Gasteiger partial charge in [0.15, 0.2) is 0 Å². The molecule has 1 aliphatic carbocycles. The van der Waals surface area contributed by atoms with E-state index in [-0.39, 0.29) is 17.9 Å². The van der Waals surface area contributed by atoms with Crippen molar-refractivity contribution >= 4 is 23.0 Å². The molecule has 1 atom stereocenters. The Balaban J connectivity index is 1.77. The molecule has 4 rings (SSSR count). The molecule has 1 aliphatic heterocycles. The predicted molar refractivity (Wildman–Crippen MR) is 103 cm³/mol. The maximum atomic E-state index is 13.4. The molecule has 7 nitrogen and oxygen atoms in total. The first-order valence-electron chi connectivity index (χ1n) is 9.89. The van der Waals surface area contributed by atoms with Crippen molar-refractivity contribution in [2.45, 2.75) is 59.3 Å². The van der Waals surface area contributed by atoms with Crippen LogP contribution in [-0.4, -0.2) is 45.1 Å². The summed E-state index contributed by atoms with van der Waals surface area (Å²) in [4.78, 5) is 31.3. The highest BCUT2D eigenvalue weighted by Crippen LogP contribution is 2.41. The Morgan fingerprint density at radius 2 is 2.07 bits per heavy atom. The summed E-state index contributed by atoms with van der Waals surface area (Å²) in [7, 11) is 0. The molecule has 7 heteroatoms. The average Bonchev–Trinajstić information content (AvgIpc) is 3.27. The van der Waals surface area contributed by atoms with Gasteiger partial charge < -0.3 is 14.5 Å². The van der Waals surface area contributed by atoms with Crippen LogP contribution < -0.4 is 0 Å². The molecule has 0 spiro atoms. The average molecular weight is 385 g/mol. The molecule has 28 heavy (non-hydrogen) atoms. The van der Waals surface area contributed by atoms with Crippen molar-refractivity contribution in [2.75, 3.05) is 13.1 Å². The molecule has 1 unspecified atom stereocenters. The Kier molecular flexibility index (Phi) is 4.25. The second-order valence-electron chi connectivity index (χ2n) is 9.76. The molecule has 0 radical (unpaired) electrons. The third kappa shape index (κ3) is 3.38. The Bertz CT molecular complexity index is 954. The molecule has 2 aromatic rings. The van der Waals surface area contributed by atoms with E-state index in [4.69, 9.17) is 4.52 Å². The number of hydrogen-bond donors (Lipinski definition) is 1. The van der Waals surface area contributed by atoms with Gasteiger partial charge >= 0.3 is 5.97 Å². The molecule has 150 valence electrons. The molecule has 1 saturated heterocycles. The topological polar surface area (TPSA) is 96.5 Å². The lowest BCUT2D eigenvalue weighted by Crippen LogP contribution is -2.35. The lowest BCUT2D eigenvalue weighted by molar-refractivity contribution is -0.147. The minimum absolute atomic E-state index is 0.0190. The number of carboxylic acids is 1. The summed E-state index contributed by atoms with van der Waals surface area (Å²) in [6.07, 6.45) is 3.25. The van der Waals surface area contributed by atoms with Crippen molar-refractivity contribution in [2.24, 2.45) is 10.8 Å². The molecule has 0 bridgehead atoms.